The second-order valence-corrected chi connectivity index (χ2v) is 4.99. The van der Waals surface area contributed by atoms with Crippen LogP contribution < -0.4 is 10.1 Å². The molecule has 0 saturated carbocycles. The van der Waals surface area contributed by atoms with Crippen molar-refractivity contribution < 1.29 is 9.47 Å². The first-order valence-electron chi connectivity index (χ1n) is 6.73. The van der Waals surface area contributed by atoms with Crippen molar-refractivity contribution in [1.82, 2.24) is 5.32 Å². The summed E-state index contributed by atoms with van der Waals surface area (Å²) in [6.07, 6.45) is 2.25. The van der Waals surface area contributed by atoms with E-state index in [1.807, 2.05) is 26.1 Å². The van der Waals surface area contributed by atoms with Crippen LogP contribution in [0.15, 0.2) is 24.3 Å². The molecular weight excluding hydrogens is 226 g/mol. The standard InChI is InChI=1S/C15H23NO2/c1-4-17-13-8-6-12(7-9-13)14(16-3)15(2)10-5-11-18-15/h6-9,14,16H,4-5,10-11H2,1-3H3. The maximum atomic E-state index is 5.93. The van der Waals surface area contributed by atoms with Gasteiger partial charge in [0.05, 0.1) is 18.2 Å². The third kappa shape index (κ3) is 2.68. The van der Waals surface area contributed by atoms with Gasteiger partial charge in [0.15, 0.2) is 0 Å². The van der Waals surface area contributed by atoms with Crippen LogP contribution in [0.1, 0.15) is 38.3 Å². The number of likely N-dealkylation sites (N-methyl/N-ethyl adjacent to an activating group) is 1. The molecule has 1 aliphatic rings. The van der Waals surface area contributed by atoms with E-state index < -0.39 is 0 Å². The highest BCUT2D eigenvalue weighted by Crippen LogP contribution is 2.37. The van der Waals surface area contributed by atoms with Crippen LogP contribution in [0.5, 0.6) is 5.75 Å². The fraction of sp³-hybridized carbons (Fsp3) is 0.600. The lowest BCUT2D eigenvalue weighted by Crippen LogP contribution is -2.39. The zero-order valence-electron chi connectivity index (χ0n) is 11.5. The topological polar surface area (TPSA) is 30.5 Å². The summed E-state index contributed by atoms with van der Waals surface area (Å²) in [5.74, 6) is 0.925. The second-order valence-electron chi connectivity index (χ2n) is 4.99. The molecule has 0 radical (unpaired) electrons. The van der Waals surface area contributed by atoms with E-state index in [0.29, 0.717) is 6.61 Å². The molecule has 3 heteroatoms. The van der Waals surface area contributed by atoms with Gasteiger partial charge >= 0.3 is 0 Å². The van der Waals surface area contributed by atoms with Crippen molar-refractivity contribution >= 4 is 0 Å². The Morgan fingerprint density at radius 1 is 1.39 bits per heavy atom. The highest BCUT2D eigenvalue weighted by atomic mass is 16.5. The van der Waals surface area contributed by atoms with E-state index in [-0.39, 0.29) is 11.6 Å². The van der Waals surface area contributed by atoms with Crippen LogP contribution >= 0.6 is 0 Å². The Morgan fingerprint density at radius 2 is 2.11 bits per heavy atom. The van der Waals surface area contributed by atoms with Gasteiger partial charge in [-0.1, -0.05) is 12.1 Å². The molecule has 100 valence electrons. The van der Waals surface area contributed by atoms with Gasteiger partial charge in [-0.15, -0.1) is 0 Å². The Bertz CT molecular complexity index is 369. The molecule has 2 rings (SSSR count). The highest BCUT2D eigenvalue weighted by molar-refractivity contribution is 5.30. The summed E-state index contributed by atoms with van der Waals surface area (Å²) < 4.78 is 11.4. The molecule has 0 aliphatic carbocycles. The van der Waals surface area contributed by atoms with Gasteiger partial charge in [0.2, 0.25) is 0 Å². The minimum absolute atomic E-state index is 0.0954. The summed E-state index contributed by atoms with van der Waals surface area (Å²) in [6, 6.07) is 8.54. The average Bonchev–Trinajstić information content (AvgIpc) is 2.80. The minimum Gasteiger partial charge on any atom is -0.494 e. The molecule has 1 aliphatic heterocycles. The van der Waals surface area contributed by atoms with Gasteiger partial charge in [-0.05, 0) is 51.4 Å². The lowest BCUT2D eigenvalue weighted by Gasteiger charge is -2.33. The summed E-state index contributed by atoms with van der Waals surface area (Å²) in [4.78, 5) is 0. The Hall–Kier alpha value is -1.06. The summed E-state index contributed by atoms with van der Waals surface area (Å²) in [6.45, 7) is 5.76. The van der Waals surface area contributed by atoms with Gasteiger partial charge in [0.25, 0.3) is 0 Å². The molecule has 2 atom stereocenters. The predicted octanol–water partition coefficient (Wildman–Crippen LogP) is 2.91. The zero-order chi connectivity index (χ0) is 13.0. The van der Waals surface area contributed by atoms with E-state index in [1.54, 1.807) is 0 Å². The predicted molar refractivity (Wildman–Crippen MR) is 73.0 cm³/mol. The quantitative estimate of drug-likeness (QED) is 0.870. The second kappa shape index (κ2) is 5.72. The first kappa shape index (κ1) is 13.4. The number of nitrogens with one attached hydrogen (secondary N) is 1. The van der Waals surface area contributed by atoms with Crippen molar-refractivity contribution in [3.8, 4) is 5.75 Å². The monoisotopic (exact) mass is 249 g/mol. The van der Waals surface area contributed by atoms with E-state index in [9.17, 15) is 0 Å². The molecule has 0 spiro atoms. The molecular formula is C15H23NO2. The van der Waals surface area contributed by atoms with Crippen molar-refractivity contribution in [2.45, 2.75) is 38.3 Å². The average molecular weight is 249 g/mol. The summed E-state index contributed by atoms with van der Waals surface area (Å²) in [5, 5.41) is 3.39. The smallest absolute Gasteiger partial charge is 0.119 e. The van der Waals surface area contributed by atoms with Crippen LogP contribution in [-0.2, 0) is 4.74 Å². The van der Waals surface area contributed by atoms with Crippen molar-refractivity contribution in [3.05, 3.63) is 29.8 Å². The van der Waals surface area contributed by atoms with Gasteiger partial charge in [-0.3, -0.25) is 0 Å². The minimum atomic E-state index is -0.0954. The molecule has 0 aromatic heterocycles. The molecule has 0 amide bonds. The summed E-state index contributed by atoms with van der Waals surface area (Å²) >= 11 is 0. The fourth-order valence-electron chi connectivity index (χ4n) is 2.78. The third-order valence-electron chi connectivity index (χ3n) is 3.67. The SMILES string of the molecule is CCOc1ccc(C(NC)C2(C)CCCO2)cc1. The molecule has 1 aromatic carbocycles. The van der Waals surface area contributed by atoms with E-state index in [0.717, 1.165) is 25.2 Å². The van der Waals surface area contributed by atoms with Crippen LogP contribution in [0.2, 0.25) is 0 Å². The number of benzene rings is 1. The Labute approximate surface area is 109 Å². The molecule has 18 heavy (non-hydrogen) atoms. The maximum absolute atomic E-state index is 5.93. The van der Waals surface area contributed by atoms with E-state index in [2.05, 4.69) is 24.4 Å². The van der Waals surface area contributed by atoms with Crippen molar-refractivity contribution in [2.24, 2.45) is 0 Å². The molecule has 1 heterocycles. The van der Waals surface area contributed by atoms with Crippen LogP contribution in [0.4, 0.5) is 0 Å². The van der Waals surface area contributed by atoms with Gasteiger partial charge in [0.1, 0.15) is 5.75 Å². The summed E-state index contributed by atoms with van der Waals surface area (Å²) in [5.41, 5.74) is 1.16. The van der Waals surface area contributed by atoms with Crippen LogP contribution in [-0.4, -0.2) is 25.9 Å². The zero-order valence-corrected chi connectivity index (χ0v) is 11.5. The van der Waals surface area contributed by atoms with E-state index in [4.69, 9.17) is 9.47 Å². The molecule has 0 bridgehead atoms. The number of hydrogen-bond donors (Lipinski definition) is 1. The lowest BCUT2D eigenvalue weighted by molar-refractivity contribution is -0.0104. The fourth-order valence-corrected chi connectivity index (χ4v) is 2.78. The number of hydrogen-bond acceptors (Lipinski definition) is 3. The maximum Gasteiger partial charge on any atom is 0.119 e. The van der Waals surface area contributed by atoms with Crippen molar-refractivity contribution in [2.75, 3.05) is 20.3 Å². The van der Waals surface area contributed by atoms with E-state index >= 15 is 0 Å². The Balaban J connectivity index is 2.16. The van der Waals surface area contributed by atoms with Crippen LogP contribution in [0, 0.1) is 0 Å². The Morgan fingerprint density at radius 3 is 2.61 bits per heavy atom. The molecule has 1 fully saturated rings. The molecule has 2 unspecified atom stereocenters. The molecule has 1 aromatic rings. The van der Waals surface area contributed by atoms with Crippen molar-refractivity contribution in [3.63, 3.8) is 0 Å². The van der Waals surface area contributed by atoms with Gasteiger partial charge in [-0.2, -0.15) is 0 Å². The van der Waals surface area contributed by atoms with Gasteiger partial charge in [-0.25, -0.2) is 0 Å². The largest absolute Gasteiger partial charge is 0.494 e. The first-order chi connectivity index (χ1) is 8.69. The van der Waals surface area contributed by atoms with Crippen molar-refractivity contribution in [1.29, 1.82) is 0 Å². The third-order valence-corrected chi connectivity index (χ3v) is 3.67. The Kier molecular flexibility index (Phi) is 4.25. The number of rotatable bonds is 5. The molecule has 1 N–H and O–H groups in total. The lowest BCUT2D eigenvalue weighted by atomic mass is 9.88. The molecule has 3 nitrogen and oxygen atoms in total. The van der Waals surface area contributed by atoms with Crippen LogP contribution in [0.3, 0.4) is 0 Å². The molecule has 1 saturated heterocycles. The first-order valence-corrected chi connectivity index (χ1v) is 6.73. The highest BCUT2D eigenvalue weighted by Gasteiger charge is 2.38. The normalized spacial score (nSPS) is 25.1. The summed E-state index contributed by atoms with van der Waals surface area (Å²) in [7, 11) is 1.99. The van der Waals surface area contributed by atoms with Gasteiger partial charge < -0.3 is 14.8 Å². The van der Waals surface area contributed by atoms with E-state index in [1.165, 1.54) is 5.56 Å². The van der Waals surface area contributed by atoms with Gasteiger partial charge in [0, 0.05) is 6.61 Å². The van der Waals surface area contributed by atoms with Crippen LogP contribution in [0.25, 0.3) is 0 Å². The number of ether oxygens (including phenoxy) is 2.